The van der Waals surface area contributed by atoms with E-state index >= 15 is 0 Å². The number of hydrogen-bond donors (Lipinski definition) is 0. The van der Waals surface area contributed by atoms with E-state index in [1.807, 2.05) is 18.2 Å². The molecule has 0 spiro atoms. The summed E-state index contributed by atoms with van der Waals surface area (Å²) in [6, 6.07) is 15.8. The predicted octanol–water partition coefficient (Wildman–Crippen LogP) is 5.09. The number of benzene rings is 2. The molecular weight excluding hydrogens is 302 g/mol. The summed E-state index contributed by atoms with van der Waals surface area (Å²) in [6.07, 6.45) is 0.107. The highest BCUT2D eigenvalue weighted by Crippen LogP contribution is 2.59. The molecule has 0 unspecified atom stereocenters. The van der Waals surface area contributed by atoms with E-state index in [9.17, 15) is 9.36 Å². The van der Waals surface area contributed by atoms with Crippen molar-refractivity contribution in [1.82, 2.24) is 0 Å². The molecule has 19 heavy (non-hydrogen) atoms. The van der Waals surface area contributed by atoms with Crippen LogP contribution in [0.5, 0.6) is 0 Å². The Morgan fingerprint density at radius 1 is 0.895 bits per heavy atom. The second-order valence-electron chi connectivity index (χ2n) is 4.12. The maximum absolute atomic E-state index is 12.1. The maximum Gasteiger partial charge on any atom is 0.257 e. The summed E-state index contributed by atoms with van der Waals surface area (Å²) in [4.78, 5) is 12.1. The Balaban J connectivity index is 2.19. The molecule has 98 valence electrons. The molecule has 0 aliphatic carbocycles. The van der Waals surface area contributed by atoms with Gasteiger partial charge in [0.1, 0.15) is 0 Å². The van der Waals surface area contributed by atoms with Crippen molar-refractivity contribution in [1.29, 1.82) is 0 Å². The molecule has 0 N–H and O–H groups in total. The highest BCUT2D eigenvalue weighted by Gasteiger charge is 2.15. The van der Waals surface area contributed by atoms with Crippen molar-refractivity contribution in [2.24, 2.45) is 0 Å². The highest BCUT2D eigenvalue weighted by atomic mass is 35.9. The molecule has 0 aromatic heterocycles. The van der Waals surface area contributed by atoms with Crippen LogP contribution in [-0.2, 0) is 10.7 Å². The lowest BCUT2D eigenvalue weighted by molar-refractivity contribution is 0.103. The summed E-state index contributed by atoms with van der Waals surface area (Å²) in [5.41, 5.74) is 1.96. The van der Waals surface area contributed by atoms with E-state index < -0.39 is 5.85 Å². The Hall–Kier alpha value is -1.08. The van der Waals surface area contributed by atoms with Crippen molar-refractivity contribution in [2.45, 2.75) is 6.16 Å². The van der Waals surface area contributed by atoms with E-state index in [-0.39, 0.29) is 11.9 Å². The Bertz CT molecular complexity index is 618. The zero-order valence-corrected chi connectivity index (χ0v) is 12.3. The van der Waals surface area contributed by atoms with Crippen LogP contribution in [0.25, 0.3) is 0 Å². The van der Waals surface area contributed by atoms with Gasteiger partial charge in [0.2, 0.25) is 0 Å². The van der Waals surface area contributed by atoms with Gasteiger partial charge >= 0.3 is 0 Å². The largest absolute Gasteiger partial charge is 0.289 e. The van der Waals surface area contributed by atoms with E-state index in [4.69, 9.17) is 22.5 Å². The number of carbonyl (C=O) groups excluding carboxylic acids is 1. The third-order valence-corrected chi connectivity index (χ3v) is 4.07. The summed E-state index contributed by atoms with van der Waals surface area (Å²) in [5.74, 6) is -3.17. The average molecular weight is 313 g/mol. The number of carbonyl (C=O) groups is 1. The standard InChI is InChI=1S/C14H11Cl2O2P/c15-19(16,18)10-11-6-8-13(9-7-11)14(17)12-4-2-1-3-5-12/h1-9H,10H2. The third-order valence-electron chi connectivity index (χ3n) is 2.62. The fraction of sp³-hybridized carbons (Fsp3) is 0.0714. The quantitative estimate of drug-likeness (QED) is 0.582. The number of halogens is 2. The lowest BCUT2D eigenvalue weighted by Gasteiger charge is -2.04. The molecule has 0 atom stereocenters. The molecule has 2 aromatic rings. The molecule has 0 aliphatic heterocycles. The Labute approximate surface area is 121 Å². The first-order valence-corrected chi connectivity index (χ1v) is 9.33. The molecule has 5 heteroatoms. The monoisotopic (exact) mass is 312 g/mol. The molecule has 2 rings (SSSR count). The molecular formula is C14H11Cl2O2P. The van der Waals surface area contributed by atoms with Crippen molar-refractivity contribution < 1.29 is 9.36 Å². The second kappa shape index (κ2) is 5.92. The SMILES string of the molecule is O=C(c1ccccc1)c1ccc(CP(=O)(Cl)Cl)cc1. The van der Waals surface area contributed by atoms with Gasteiger partial charge in [-0.05, 0) is 28.0 Å². The van der Waals surface area contributed by atoms with E-state index in [0.29, 0.717) is 11.1 Å². The second-order valence-corrected chi connectivity index (χ2v) is 9.37. The molecule has 2 aromatic carbocycles. The lowest BCUT2D eigenvalue weighted by atomic mass is 10.0. The zero-order chi connectivity index (χ0) is 13.9. The smallest absolute Gasteiger partial charge is 0.257 e. The van der Waals surface area contributed by atoms with Gasteiger partial charge in [-0.1, -0.05) is 54.6 Å². The van der Waals surface area contributed by atoms with Gasteiger partial charge < -0.3 is 0 Å². The van der Waals surface area contributed by atoms with E-state index in [2.05, 4.69) is 0 Å². The van der Waals surface area contributed by atoms with Crippen LogP contribution in [0.3, 0.4) is 0 Å². The first kappa shape index (κ1) is 14.3. The van der Waals surface area contributed by atoms with Gasteiger partial charge in [0.15, 0.2) is 5.78 Å². The highest BCUT2D eigenvalue weighted by molar-refractivity contribution is 8.08. The summed E-state index contributed by atoms with van der Waals surface area (Å²) in [7, 11) is 0. The van der Waals surface area contributed by atoms with Crippen LogP contribution in [0, 0.1) is 0 Å². The molecule has 0 radical (unpaired) electrons. The van der Waals surface area contributed by atoms with Crippen LogP contribution in [-0.4, -0.2) is 5.78 Å². The molecule has 0 heterocycles. The minimum atomic E-state index is -3.12. The van der Waals surface area contributed by atoms with Crippen LogP contribution in [0.1, 0.15) is 21.5 Å². The van der Waals surface area contributed by atoms with Gasteiger partial charge in [-0.2, -0.15) is 0 Å². The zero-order valence-electron chi connectivity index (χ0n) is 9.92. The van der Waals surface area contributed by atoms with Crippen molar-refractivity contribution in [3.8, 4) is 0 Å². The molecule has 0 saturated carbocycles. The van der Waals surface area contributed by atoms with Crippen LogP contribution in [0.15, 0.2) is 54.6 Å². The predicted molar refractivity (Wildman–Crippen MR) is 79.3 cm³/mol. The van der Waals surface area contributed by atoms with Crippen molar-refractivity contribution in [2.75, 3.05) is 0 Å². The lowest BCUT2D eigenvalue weighted by Crippen LogP contribution is -2.00. The molecule has 0 aliphatic rings. The van der Waals surface area contributed by atoms with Crippen molar-refractivity contribution in [3.05, 3.63) is 71.3 Å². The summed E-state index contributed by atoms with van der Waals surface area (Å²) >= 11 is 11.0. The minimum absolute atomic E-state index is 0.0490. The number of hydrogen-bond acceptors (Lipinski definition) is 2. The summed E-state index contributed by atoms with van der Waals surface area (Å²) in [6.45, 7) is 0. The Kier molecular flexibility index (Phi) is 4.46. The van der Waals surface area contributed by atoms with Crippen molar-refractivity contribution >= 4 is 34.1 Å². The Morgan fingerprint density at radius 2 is 1.42 bits per heavy atom. The Morgan fingerprint density at radius 3 is 1.95 bits per heavy atom. The van der Waals surface area contributed by atoms with Gasteiger partial charge in [-0.15, -0.1) is 0 Å². The molecule has 2 nitrogen and oxygen atoms in total. The van der Waals surface area contributed by atoms with Gasteiger partial charge in [-0.25, -0.2) is 0 Å². The normalized spacial score (nSPS) is 11.3. The van der Waals surface area contributed by atoms with E-state index in [1.165, 1.54) is 0 Å². The fourth-order valence-electron chi connectivity index (χ4n) is 1.73. The van der Waals surface area contributed by atoms with Gasteiger partial charge in [0.05, 0.1) is 6.16 Å². The average Bonchev–Trinajstić information content (AvgIpc) is 2.38. The van der Waals surface area contributed by atoms with Crippen LogP contribution < -0.4 is 0 Å². The van der Waals surface area contributed by atoms with Crippen molar-refractivity contribution in [3.63, 3.8) is 0 Å². The maximum atomic E-state index is 12.1. The molecule has 0 bridgehead atoms. The molecule has 0 saturated heterocycles. The van der Waals surface area contributed by atoms with Crippen LogP contribution in [0.4, 0.5) is 0 Å². The van der Waals surface area contributed by atoms with Crippen LogP contribution >= 0.6 is 28.3 Å². The summed E-state index contributed by atoms with van der Waals surface area (Å²) in [5, 5.41) is 0. The van der Waals surface area contributed by atoms with E-state index in [1.54, 1.807) is 36.4 Å². The number of rotatable bonds is 4. The number of ketones is 1. The molecule has 0 amide bonds. The fourth-order valence-corrected chi connectivity index (χ4v) is 3.19. The molecule has 0 fully saturated rings. The van der Waals surface area contributed by atoms with Gasteiger partial charge in [0, 0.05) is 11.1 Å². The van der Waals surface area contributed by atoms with Gasteiger partial charge in [0.25, 0.3) is 5.85 Å². The van der Waals surface area contributed by atoms with Crippen LogP contribution in [0.2, 0.25) is 0 Å². The topological polar surface area (TPSA) is 34.1 Å². The van der Waals surface area contributed by atoms with E-state index in [0.717, 1.165) is 5.56 Å². The first-order valence-electron chi connectivity index (χ1n) is 5.63. The third kappa shape index (κ3) is 4.21. The minimum Gasteiger partial charge on any atom is -0.289 e. The van der Waals surface area contributed by atoms with Gasteiger partial charge in [-0.3, -0.25) is 9.36 Å². The first-order chi connectivity index (χ1) is 8.96. The summed E-state index contributed by atoms with van der Waals surface area (Å²) < 4.78 is 11.3.